The van der Waals surface area contributed by atoms with Crippen LogP contribution in [-0.2, 0) is 20.7 Å². The van der Waals surface area contributed by atoms with Gasteiger partial charge in [-0.15, -0.1) is 0 Å². The Kier molecular flexibility index (Phi) is 6.50. The Hall–Kier alpha value is -1.88. The van der Waals surface area contributed by atoms with E-state index >= 15 is 0 Å². The minimum atomic E-state index is -0.494. The van der Waals surface area contributed by atoms with E-state index in [1.807, 2.05) is 30.3 Å². The molecule has 98 valence electrons. The minimum Gasteiger partial charge on any atom is -0.465 e. The highest BCUT2D eigenvalue weighted by Crippen LogP contribution is 2.02. The molecular formula is C13H18N2O3. The van der Waals surface area contributed by atoms with Crippen molar-refractivity contribution < 1.29 is 14.3 Å². The van der Waals surface area contributed by atoms with Crippen molar-refractivity contribution in [3.63, 3.8) is 0 Å². The molecule has 0 atom stereocenters. The molecule has 0 aromatic heterocycles. The van der Waals surface area contributed by atoms with Crippen molar-refractivity contribution in [3.8, 4) is 0 Å². The topological polar surface area (TPSA) is 81.4 Å². The summed E-state index contributed by atoms with van der Waals surface area (Å²) in [6, 6.07) is 10.0. The van der Waals surface area contributed by atoms with Crippen LogP contribution in [0.2, 0.25) is 0 Å². The Morgan fingerprint density at radius 1 is 1.17 bits per heavy atom. The number of benzene rings is 1. The number of hydrogen-bond acceptors (Lipinski definition) is 4. The van der Waals surface area contributed by atoms with Gasteiger partial charge >= 0.3 is 5.97 Å². The fourth-order valence-electron chi connectivity index (χ4n) is 1.45. The molecule has 0 radical (unpaired) electrons. The maximum atomic E-state index is 11.2. The van der Waals surface area contributed by atoms with Crippen LogP contribution >= 0.6 is 0 Å². The maximum Gasteiger partial charge on any atom is 0.319 e. The molecule has 18 heavy (non-hydrogen) atoms. The summed E-state index contributed by atoms with van der Waals surface area (Å²) in [7, 11) is 0. The molecule has 0 saturated carbocycles. The van der Waals surface area contributed by atoms with Crippen LogP contribution in [-0.4, -0.2) is 31.6 Å². The smallest absolute Gasteiger partial charge is 0.319 e. The van der Waals surface area contributed by atoms with E-state index in [-0.39, 0.29) is 19.1 Å². The molecule has 1 rings (SSSR count). The zero-order valence-corrected chi connectivity index (χ0v) is 10.2. The number of carbonyl (C=O) groups is 2. The molecule has 0 aliphatic carbocycles. The van der Waals surface area contributed by atoms with Crippen molar-refractivity contribution >= 4 is 11.9 Å². The second-order valence-corrected chi connectivity index (χ2v) is 3.88. The van der Waals surface area contributed by atoms with Crippen LogP contribution in [0.15, 0.2) is 30.3 Å². The molecule has 5 heteroatoms. The van der Waals surface area contributed by atoms with Crippen LogP contribution in [0.4, 0.5) is 0 Å². The Balaban J connectivity index is 2.04. The van der Waals surface area contributed by atoms with E-state index in [9.17, 15) is 9.59 Å². The molecule has 0 aliphatic rings. The molecule has 0 aliphatic heterocycles. The number of nitrogens with one attached hydrogen (secondary N) is 1. The first kappa shape index (κ1) is 14.2. The summed E-state index contributed by atoms with van der Waals surface area (Å²) in [5, 5.41) is 2.59. The molecule has 0 fully saturated rings. The van der Waals surface area contributed by atoms with E-state index in [0.717, 1.165) is 12.8 Å². The van der Waals surface area contributed by atoms with Gasteiger partial charge in [0.25, 0.3) is 0 Å². The number of nitrogens with two attached hydrogens (primary N) is 1. The zero-order valence-electron chi connectivity index (χ0n) is 10.2. The fourth-order valence-corrected chi connectivity index (χ4v) is 1.45. The molecule has 0 heterocycles. The van der Waals surface area contributed by atoms with Crippen LogP contribution in [0, 0.1) is 0 Å². The third-order valence-electron chi connectivity index (χ3n) is 2.28. The first-order chi connectivity index (χ1) is 8.68. The third-order valence-corrected chi connectivity index (χ3v) is 2.28. The standard InChI is InChI=1S/C13H18N2O3/c14-12(16)9-15-10-13(17)18-8-4-7-11-5-2-1-3-6-11/h1-3,5-6,15H,4,7-10H2,(H2,14,16). The van der Waals surface area contributed by atoms with Crippen LogP contribution in [0.3, 0.4) is 0 Å². The van der Waals surface area contributed by atoms with Crippen LogP contribution in [0.25, 0.3) is 0 Å². The van der Waals surface area contributed by atoms with Gasteiger partial charge in [-0.1, -0.05) is 30.3 Å². The zero-order chi connectivity index (χ0) is 13.2. The number of hydrogen-bond donors (Lipinski definition) is 2. The van der Waals surface area contributed by atoms with E-state index in [2.05, 4.69) is 5.32 Å². The lowest BCUT2D eigenvalue weighted by atomic mass is 10.1. The number of primary amides is 1. The normalized spacial score (nSPS) is 10.0. The van der Waals surface area contributed by atoms with Crippen LogP contribution in [0.1, 0.15) is 12.0 Å². The summed E-state index contributed by atoms with van der Waals surface area (Å²) in [5.41, 5.74) is 6.13. The van der Waals surface area contributed by atoms with Crippen molar-refractivity contribution in [3.05, 3.63) is 35.9 Å². The minimum absolute atomic E-state index is 0.00821. The lowest BCUT2D eigenvalue weighted by molar-refractivity contribution is -0.142. The van der Waals surface area contributed by atoms with Gasteiger partial charge < -0.3 is 10.5 Å². The largest absolute Gasteiger partial charge is 0.465 e. The SMILES string of the molecule is NC(=O)CNCC(=O)OCCCc1ccccc1. The van der Waals surface area contributed by atoms with E-state index in [1.54, 1.807) is 0 Å². The first-order valence-electron chi connectivity index (χ1n) is 5.87. The van der Waals surface area contributed by atoms with Gasteiger partial charge in [0.05, 0.1) is 19.7 Å². The number of esters is 1. The molecule has 1 amide bonds. The lowest BCUT2D eigenvalue weighted by Crippen LogP contribution is -2.33. The molecule has 1 aromatic carbocycles. The monoisotopic (exact) mass is 250 g/mol. The van der Waals surface area contributed by atoms with E-state index in [4.69, 9.17) is 10.5 Å². The second-order valence-electron chi connectivity index (χ2n) is 3.88. The van der Waals surface area contributed by atoms with Gasteiger partial charge in [0, 0.05) is 0 Å². The van der Waals surface area contributed by atoms with Crippen molar-refractivity contribution in [1.29, 1.82) is 0 Å². The molecule has 0 bridgehead atoms. The predicted molar refractivity (Wildman–Crippen MR) is 67.8 cm³/mol. The summed E-state index contributed by atoms with van der Waals surface area (Å²) >= 11 is 0. The Morgan fingerprint density at radius 3 is 2.56 bits per heavy atom. The van der Waals surface area contributed by atoms with Crippen molar-refractivity contribution in [1.82, 2.24) is 5.32 Å². The number of aryl methyl sites for hydroxylation is 1. The molecule has 1 aromatic rings. The molecule has 5 nitrogen and oxygen atoms in total. The highest BCUT2D eigenvalue weighted by atomic mass is 16.5. The molecule has 3 N–H and O–H groups in total. The van der Waals surface area contributed by atoms with Crippen molar-refractivity contribution in [2.45, 2.75) is 12.8 Å². The number of ether oxygens (including phenoxy) is 1. The summed E-state index contributed by atoms with van der Waals surface area (Å²) < 4.78 is 4.99. The predicted octanol–water partition coefficient (Wildman–Crippen LogP) is 0.237. The summed E-state index contributed by atoms with van der Waals surface area (Å²) in [5.74, 6) is -0.865. The van der Waals surface area contributed by atoms with E-state index in [1.165, 1.54) is 5.56 Å². The van der Waals surface area contributed by atoms with Gasteiger partial charge in [-0.3, -0.25) is 14.9 Å². The van der Waals surface area contributed by atoms with Gasteiger partial charge in [0.1, 0.15) is 0 Å². The van der Waals surface area contributed by atoms with Crippen LogP contribution < -0.4 is 11.1 Å². The van der Waals surface area contributed by atoms with Gasteiger partial charge in [-0.2, -0.15) is 0 Å². The Bertz CT molecular complexity index is 379. The number of carbonyl (C=O) groups excluding carboxylic acids is 2. The molecule has 0 saturated heterocycles. The highest BCUT2D eigenvalue weighted by molar-refractivity contribution is 5.77. The number of rotatable bonds is 8. The second kappa shape index (κ2) is 8.25. The summed E-state index contributed by atoms with van der Waals surface area (Å²) in [6.45, 7) is 0.374. The lowest BCUT2D eigenvalue weighted by Gasteiger charge is -2.05. The van der Waals surface area contributed by atoms with E-state index < -0.39 is 5.91 Å². The average Bonchev–Trinajstić information content (AvgIpc) is 2.35. The molecule has 0 unspecified atom stereocenters. The Labute approximate surface area is 106 Å². The average molecular weight is 250 g/mol. The van der Waals surface area contributed by atoms with Crippen molar-refractivity contribution in [2.75, 3.05) is 19.7 Å². The maximum absolute atomic E-state index is 11.2. The van der Waals surface area contributed by atoms with Gasteiger partial charge in [-0.25, -0.2) is 0 Å². The summed E-state index contributed by atoms with van der Waals surface area (Å²) in [4.78, 5) is 21.6. The molecule has 0 spiro atoms. The van der Waals surface area contributed by atoms with Crippen molar-refractivity contribution in [2.24, 2.45) is 5.73 Å². The molecular weight excluding hydrogens is 232 g/mol. The van der Waals surface area contributed by atoms with Gasteiger partial charge in [0.2, 0.25) is 5.91 Å². The highest BCUT2D eigenvalue weighted by Gasteiger charge is 2.02. The summed E-state index contributed by atoms with van der Waals surface area (Å²) in [6.07, 6.45) is 1.66. The van der Waals surface area contributed by atoms with Gasteiger partial charge in [-0.05, 0) is 18.4 Å². The first-order valence-corrected chi connectivity index (χ1v) is 5.87. The Morgan fingerprint density at radius 2 is 1.89 bits per heavy atom. The number of amides is 1. The van der Waals surface area contributed by atoms with Gasteiger partial charge in [0.15, 0.2) is 0 Å². The van der Waals surface area contributed by atoms with E-state index in [0.29, 0.717) is 6.61 Å². The van der Waals surface area contributed by atoms with Crippen LogP contribution in [0.5, 0.6) is 0 Å². The fraction of sp³-hybridized carbons (Fsp3) is 0.385. The quantitative estimate of drug-likeness (QED) is 0.511. The third kappa shape index (κ3) is 6.65.